The molecule has 132 valence electrons. The van der Waals surface area contributed by atoms with Gasteiger partial charge in [-0.3, -0.25) is 14.3 Å². The van der Waals surface area contributed by atoms with Crippen molar-refractivity contribution in [3.63, 3.8) is 0 Å². The standard InChI is InChI=1S/C19H19N5O2/c1-22-11-14(10-21-22)24-16-5-7-23(17(16)9-18(24)25)19(26)13-2-3-15-12(8-13)4-6-20-15/h2-4,6,8,10-11,16-17,20H,5,7,9H2,1H3/t16-,17+/m1/s1. The van der Waals surface area contributed by atoms with Gasteiger partial charge in [-0.05, 0) is 30.7 Å². The molecule has 7 nitrogen and oxygen atoms in total. The van der Waals surface area contributed by atoms with Crippen LogP contribution in [0, 0.1) is 0 Å². The highest BCUT2D eigenvalue weighted by atomic mass is 16.2. The van der Waals surface area contributed by atoms with Gasteiger partial charge in [0.15, 0.2) is 0 Å². The molecule has 2 aliphatic rings. The Morgan fingerprint density at radius 1 is 1.27 bits per heavy atom. The predicted molar refractivity (Wildman–Crippen MR) is 96.8 cm³/mol. The van der Waals surface area contributed by atoms with Gasteiger partial charge in [-0.25, -0.2) is 0 Å². The zero-order valence-electron chi connectivity index (χ0n) is 14.4. The number of hydrogen-bond acceptors (Lipinski definition) is 3. The summed E-state index contributed by atoms with van der Waals surface area (Å²) in [6, 6.07) is 7.62. The molecule has 1 aromatic carbocycles. The number of carbonyl (C=O) groups is 2. The lowest BCUT2D eigenvalue weighted by Gasteiger charge is -2.24. The number of nitrogens with zero attached hydrogens (tertiary/aromatic N) is 4. The van der Waals surface area contributed by atoms with E-state index in [-0.39, 0.29) is 23.9 Å². The molecule has 0 spiro atoms. The number of anilines is 1. The highest BCUT2D eigenvalue weighted by molar-refractivity contribution is 6.01. The number of aryl methyl sites for hydroxylation is 1. The molecule has 2 aliphatic heterocycles. The number of likely N-dealkylation sites (tertiary alicyclic amines) is 1. The number of benzene rings is 1. The van der Waals surface area contributed by atoms with E-state index in [2.05, 4.69) is 10.1 Å². The van der Waals surface area contributed by atoms with Gasteiger partial charge in [0.25, 0.3) is 5.91 Å². The van der Waals surface area contributed by atoms with Gasteiger partial charge < -0.3 is 14.8 Å². The summed E-state index contributed by atoms with van der Waals surface area (Å²) in [5, 5.41) is 5.19. The van der Waals surface area contributed by atoms with E-state index < -0.39 is 0 Å². The highest BCUT2D eigenvalue weighted by Crippen LogP contribution is 2.36. The Kier molecular flexibility index (Phi) is 3.19. The number of amides is 2. The number of carbonyl (C=O) groups excluding carboxylic acids is 2. The largest absolute Gasteiger partial charge is 0.361 e. The summed E-state index contributed by atoms with van der Waals surface area (Å²) in [5.74, 6) is 0.0630. The Morgan fingerprint density at radius 3 is 2.96 bits per heavy atom. The third kappa shape index (κ3) is 2.16. The number of aromatic nitrogens is 3. The molecule has 2 fully saturated rings. The molecule has 1 N–H and O–H groups in total. The molecule has 0 aliphatic carbocycles. The lowest BCUT2D eigenvalue weighted by molar-refractivity contribution is -0.117. The van der Waals surface area contributed by atoms with Crippen LogP contribution < -0.4 is 4.90 Å². The van der Waals surface area contributed by atoms with Crippen LogP contribution in [0.3, 0.4) is 0 Å². The van der Waals surface area contributed by atoms with E-state index in [9.17, 15) is 9.59 Å². The third-order valence-corrected chi connectivity index (χ3v) is 5.52. The van der Waals surface area contributed by atoms with E-state index in [1.165, 1.54) is 0 Å². The topological polar surface area (TPSA) is 74.2 Å². The van der Waals surface area contributed by atoms with E-state index >= 15 is 0 Å². The fraction of sp³-hybridized carbons (Fsp3) is 0.316. The maximum absolute atomic E-state index is 13.1. The van der Waals surface area contributed by atoms with Crippen molar-refractivity contribution in [2.75, 3.05) is 11.4 Å². The first-order chi connectivity index (χ1) is 12.6. The van der Waals surface area contributed by atoms with Crippen LogP contribution in [0.2, 0.25) is 0 Å². The summed E-state index contributed by atoms with van der Waals surface area (Å²) in [6.45, 7) is 0.670. The zero-order chi connectivity index (χ0) is 17.8. The van der Waals surface area contributed by atoms with E-state index in [4.69, 9.17) is 0 Å². The minimum absolute atomic E-state index is 0.00133. The first-order valence-electron chi connectivity index (χ1n) is 8.80. The minimum Gasteiger partial charge on any atom is -0.361 e. The van der Waals surface area contributed by atoms with Crippen molar-refractivity contribution < 1.29 is 9.59 Å². The molecular weight excluding hydrogens is 330 g/mol. The number of nitrogens with one attached hydrogen (secondary N) is 1. The van der Waals surface area contributed by atoms with Crippen LogP contribution in [0.1, 0.15) is 23.2 Å². The SMILES string of the molecule is Cn1cc(N2C(=O)C[C@H]3[C@H]2CCN3C(=O)c2ccc3[nH]ccc3c2)cn1. The minimum atomic E-state index is -0.0721. The molecule has 2 aromatic heterocycles. The smallest absolute Gasteiger partial charge is 0.254 e. The molecule has 0 unspecified atom stereocenters. The molecule has 0 saturated carbocycles. The molecule has 2 atom stereocenters. The maximum Gasteiger partial charge on any atom is 0.254 e. The van der Waals surface area contributed by atoms with Crippen molar-refractivity contribution in [1.82, 2.24) is 19.7 Å². The second-order valence-electron chi connectivity index (χ2n) is 7.04. The summed E-state index contributed by atoms with van der Waals surface area (Å²) in [5.41, 5.74) is 2.50. The molecule has 2 amide bonds. The molecule has 3 aromatic rings. The van der Waals surface area contributed by atoms with Crippen LogP contribution >= 0.6 is 0 Å². The fourth-order valence-electron chi connectivity index (χ4n) is 4.32. The molecule has 2 saturated heterocycles. The Hall–Kier alpha value is -3.09. The quantitative estimate of drug-likeness (QED) is 0.768. The van der Waals surface area contributed by atoms with Gasteiger partial charge in [0.05, 0.1) is 24.0 Å². The van der Waals surface area contributed by atoms with Crippen molar-refractivity contribution in [3.05, 3.63) is 48.4 Å². The highest BCUT2D eigenvalue weighted by Gasteiger charge is 2.49. The van der Waals surface area contributed by atoms with Crippen LogP contribution in [0.4, 0.5) is 5.69 Å². The first kappa shape index (κ1) is 15.2. The van der Waals surface area contributed by atoms with Gasteiger partial charge in [-0.2, -0.15) is 5.10 Å². The van der Waals surface area contributed by atoms with E-state index in [0.717, 1.165) is 23.0 Å². The Labute approximate surface area is 150 Å². The summed E-state index contributed by atoms with van der Waals surface area (Å²) < 4.78 is 1.69. The number of fused-ring (bicyclic) bond motifs is 2. The molecular formula is C19H19N5O2. The third-order valence-electron chi connectivity index (χ3n) is 5.52. The molecule has 5 rings (SSSR count). The van der Waals surface area contributed by atoms with Crippen LogP contribution in [0.25, 0.3) is 10.9 Å². The van der Waals surface area contributed by atoms with E-state index in [0.29, 0.717) is 18.5 Å². The second-order valence-corrected chi connectivity index (χ2v) is 7.04. The van der Waals surface area contributed by atoms with Gasteiger partial charge in [0.2, 0.25) is 5.91 Å². The van der Waals surface area contributed by atoms with Crippen molar-refractivity contribution >= 4 is 28.4 Å². The lowest BCUT2D eigenvalue weighted by Crippen LogP contribution is -2.39. The Balaban J connectivity index is 1.43. The number of hydrogen-bond donors (Lipinski definition) is 1. The van der Waals surface area contributed by atoms with Crippen LogP contribution in [-0.2, 0) is 11.8 Å². The lowest BCUT2D eigenvalue weighted by atomic mass is 10.1. The number of rotatable bonds is 2. The van der Waals surface area contributed by atoms with Crippen molar-refractivity contribution in [2.45, 2.75) is 24.9 Å². The monoisotopic (exact) mass is 349 g/mol. The van der Waals surface area contributed by atoms with E-state index in [1.807, 2.05) is 53.5 Å². The predicted octanol–water partition coefficient (Wildman–Crippen LogP) is 1.92. The van der Waals surface area contributed by atoms with Gasteiger partial charge >= 0.3 is 0 Å². The van der Waals surface area contributed by atoms with Crippen LogP contribution in [-0.4, -0.2) is 50.1 Å². The Bertz CT molecular complexity index is 1020. The van der Waals surface area contributed by atoms with E-state index in [1.54, 1.807) is 10.9 Å². The van der Waals surface area contributed by atoms with Crippen molar-refractivity contribution in [1.29, 1.82) is 0 Å². The summed E-state index contributed by atoms with van der Waals surface area (Å²) in [4.78, 5) is 32.5. The zero-order valence-corrected chi connectivity index (χ0v) is 14.4. The van der Waals surface area contributed by atoms with Gasteiger partial charge in [-0.15, -0.1) is 0 Å². The summed E-state index contributed by atoms with van der Waals surface area (Å²) >= 11 is 0. The van der Waals surface area contributed by atoms with Gasteiger partial charge in [0, 0.05) is 48.9 Å². The second kappa shape index (κ2) is 5.45. The molecule has 0 radical (unpaired) electrons. The Morgan fingerprint density at radius 2 is 2.15 bits per heavy atom. The average Bonchev–Trinajstić information content (AvgIpc) is 3.37. The normalized spacial score (nSPS) is 22.4. The van der Waals surface area contributed by atoms with Crippen LogP contribution in [0.5, 0.6) is 0 Å². The molecule has 4 heterocycles. The number of H-pyrrole nitrogens is 1. The number of aromatic amines is 1. The average molecular weight is 349 g/mol. The first-order valence-corrected chi connectivity index (χ1v) is 8.80. The van der Waals surface area contributed by atoms with Crippen molar-refractivity contribution in [3.8, 4) is 0 Å². The summed E-state index contributed by atoms with van der Waals surface area (Å²) in [6.07, 6.45) is 6.60. The maximum atomic E-state index is 13.1. The molecule has 0 bridgehead atoms. The molecule has 26 heavy (non-hydrogen) atoms. The van der Waals surface area contributed by atoms with Crippen molar-refractivity contribution in [2.24, 2.45) is 7.05 Å². The molecule has 7 heteroatoms. The van der Waals surface area contributed by atoms with Crippen LogP contribution in [0.15, 0.2) is 42.9 Å². The van der Waals surface area contributed by atoms with Gasteiger partial charge in [0.1, 0.15) is 0 Å². The van der Waals surface area contributed by atoms with Gasteiger partial charge in [-0.1, -0.05) is 0 Å². The fourth-order valence-corrected chi connectivity index (χ4v) is 4.32. The summed E-state index contributed by atoms with van der Waals surface area (Å²) in [7, 11) is 1.84.